The first-order valence-electron chi connectivity index (χ1n) is 5.86. The Balaban J connectivity index is 2.06. The van der Waals surface area contributed by atoms with Crippen LogP contribution in [0.25, 0.3) is 0 Å². The molecule has 0 fully saturated rings. The average Bonchev–Trinajstić information content (AvgIpc) is 2.93. The minimum absolute atomic E-state index is 0.00649. The van der Waals surface area contributed by atoms with Crippen LogP contribution in [0, 0.1) is 13.8 Å². The number of carbonyl (C=O) groups is 2. The van der Waals surface area contributed by atoms with Crippen LogP contribution in [0.3, 0.4) is 0 Å². The minimum Gasteiger partial charge on any atom is -0.476 e. The van der Waals surface area contributed by atoms with Crippen LogP contribution < -0.4 is 5.32 Å². The van der Waals surface area contributed by atoms with Crippen molar-refractivity contribution in [1.82, 2.24) is 20.1 Å². The molecular formula is C12H14N4O3S. The zero-order chi connectivity index (χ0) is 14.9. The number of carboxylic acid groups (broad SMARTS) is 1. The Morgan fingerprint density at radius 1 is 1.45 bits per heavy atom. The summed E-state index contributed by atoms with van der Waals surface area (Å²) in [4.78, 5) is 26.7. The predicted octanol–water partition coefficient (Wildman–Crippen LogP) is 1.12. The minimum atomic E-state index is -1.07. The van der Waals surface area contributed by atoms with Gasteiger partial charge in [-0.2, -0.15) is 5.10 Å². The summed E-state index contributed by atoms with van der Waals surface area (Å²) in [6.07, 6.45) is 0. The molecule has 0 aliphatic carbocycles. The van der Waals surface area contributed by atoms with Gasteiger partial charge in [0.1, 0.15) is 5.01 Å². The molecule has 0 bridgehead atoms. The molecule has 0 saturated carbocycles. The number of nitrogens with zero attached hydrogens (tertiary/aromatic N) is 3. The van der Waals surface area contributed by atoms with E-state index in [9.17, 15) is 9.59 Å². The van der Waals surface area contributed by atoms with E-state index in [0.29, 0.717) is 16.3 Å². The topological polar surface area (TPSA) is 97.1 Å². The molecule has 20 heavy (non-hydrogen) atoms. The molecule has 2 heterocycles. The molecule has 0 aliphatic rings. The Bertz CT molecular complexity index is 674. The highest BCUT2D eigenvalue weighted by atomic mass is 32.1. The van der Waals surface area contributed by atoms with Gasteiger partial charge in [-0.05, 0) is 13.8 Å². The second kappa shape index (κ2) is 5.41. The van der Waals surface area contributed by atoms with Gasteiger partial charge in [-0.15, -0.1) is 11.3 Å². The molecular weight excluding hydrogens is 280 g/mol. The zero-order valence-electron chi connectivity index (χ0n) is 11.3. The maximum Gasteiger partial charge on any atom is 0.355 e. The molecule has 8 heteroatoms. The molecule has 0 saturated heterocycles. The van der Waals surface area contributed by atoms with Crippen molar-refractivity contribution in [3.05, 3.63) is 33.0 Å². The van der Waals surface area contributed by atoms with Gasteiger partial charge in [0.2, 0.25) is 0 Å². The number of amides is 1. The van der Waals surface area contributed by atoms with E-state index in [2.05, 4.69) is 15.4 Å². The molecule has 2 N–H and O–H groups in total. The fraction of sp³-hybridized carbons (Fsp3) is 0.333. The normalized spacial score (nSPS) is 10.6. The van der Waals surface area contributed by atoms with E-state index in [1.165, 1.54) is 16.7 Å². The average molecular weight is 294 g/mol. The van der Waals surface area contributed by atoms with Gasteiger partial charge < -0.3 is 10.4 Å². The Labute approximate surface area is 119 Å². The molecule has 2 aromatic rings. The highest BCUT2D eigenvalue weighted by Gasteiger charge is 2.17. The molecule has 1 amide bonds. The van der Waals surface area contributed by atoms with Crippen molar-refractivity contribution in [1.29, 1.82) is 0 Å². The number of aromatic nitrogens is 3. The van der Waals surface area contributed by atoms with Gasteiger partial charge in [0.05, 0.1) is 17.8 Å². The third-order valence-corrected chi connectivity index (χ3v) is 3.76. The molecule has 2 rings (SSSR count). The van der Waals surface area contributed by atoms with Crippen LogP contribution >= 0.6 is 11.3 Å². The van der Waals surface area contributed by atoms with Crippen LogP contribution in [-0.2, 0) is 13.6 Å². The number of thiazole rings is 1. The summed E-state index contributed by atoms with van der Waals surface area (Å²) in [5.41, 5.74) is 1.98. The second-order valence-electron chi connectivity index (χ2n) is 4.28. The van der Waals surface area contributed by atoms with Crippen LogP contribution in [0.4, 0.5) is 0 Å². The summed E-state index contributed by atoms with van der Waals surface area (Å²) in [6.45, 7) is 3.79. The molecule has 0 aliphatic heterocycles. The summed E-state index contributed by atoms with van der Waals surface area (Å²) in [5.74, 6) is -1.31. The van der Waals surface area contributed by atoms with Crippen LogP contribution in [0.5, 0.6) is 0 Å². The lowest BCUT2D eigenvalue weighted by Crippen LogP contribution is -2.24. The maximum atomic E-state index is 12.1. The number of rotatable bonds is 4. The van der Waals surface area contributed by atoms with Crippen LogP contribution in [0.15, 0.2) is 5.38 Å². The number of nitrogens with one attached hydrogen (secondary N) is 1. The predicted molar refractivity (Wildman–Crippen MR) is 72.9 cm³/mol. The van der Waals surface area contributed by atoms with Crippen molar-refractivity contribution in [3.63, 3.8) is 0 Å². The smallest absolute Gasteiger partial charge is 0.355 e. The monoisotopic (exact) mass is 294 g/mol. The molecule has 7 nitrogen and oxygen atoms in total. The number of hydrogen-bond donors (Lipinski definition) is 2. The number of carboxylic acids is 1. The number of aromatic carboxylic acids is 1. The van der Waals surface area contributed by atoms with Gasteiger partial charge >= 0.3 is 5.97 Å². The molecule has 106 valence electrons. The molecule has 0 aromatic carbocycles. The van der Waals surface area contributed by atoms with E-state index < -0.39 is 5.97 Å². The van der Waals surface area contributed by atoms with Crippen molar-refractivity contribution < 1.29 is 14.7 Å². The van der Waals surface area contributed by atoms with Gasteiger partial charge in [-0.1, -0.05) is 0 Å². The van der Waals surface area contributed by atoms with Crippen LogP contribution in [0.2, 0.25) is 0 Å². The lowest BCUT2D eigenvalue weighted by atomic mass is 10.2. The Morgan fingerprint density at radius 3 is 2.65 bits per heavy atom. The Kier molecular flexibility index (Phi) is 3.84. The van der Waals surface area contributed by atoms with Crippen molar-refractivity contribution in [3.8, 4) is 0 Å². The largest absolute Gasteiger partial charge is 0.476 e. The highest BCUT2D eigenvalue weighted by Crippen LogP contribution is 2.13. The maximum absolute atomic E-state index is 12.1. The SMILES string of the molecule is Cc1nn(C)c(C)c1C(=O)NCc1nc(C(=O)O)cs1. The summed E-state index contributed by atoms with van der Waals surface area (Å²) in [7, 11) is 1.78. The van der Waals surface area contributed by atoms with E-state index >= 15 is 0 Å². The third kappa shape index (κ3) is 2.69. The number of hydrogen-bond acceptors (Lipinski definition) is 5. The second-order valence-corrected chi connectivity index (χ2v) is 5.23. The Hall–Kier alpha value is -2.22. The molecule has 0 unspecified atom stereocenters. The molecule has 0 spiro atoms. The van der Waals surface area contributed by atoms with Crippen molar-refractivity contribution in [2.24, 2.45) is 7.05 Å². The quantitative estimate of drug-likeness (QED) is 0.880. The summed E-state index contributed by atoms with van der Waals surface area (Å²) < 4.78 is 1.65. The van der Waals surface area contributed by atoms with Gasteiger partial charge in [-0.25, -0.2) is 9.78 Å². The fourth-order valence-electron chi connectivity index (χ4n) is 1.84. The van der Waals surface area contributed by atoms with E-state index in [4.69, 9.17) is 5.11 Å². The lowest BCUT2D eigenvalue weighted by Gasteiger charge is -2.03. The van der Waals surface area contributed by atoms with Gasteiger partial charge in [-0.3, -0.25) is 9.48 Å². The van der Waals surface area contributed by atoms with E-state index in [0.717, 1.165) is 5.69 Å². The zero-order valence-corrected chi connectivity index (χ0v) is 12.1. The van der Waals surface area contributed by atoms with Crippen LogP contribution in [0.1, 0.15) is 37.2 Å². The van der Waals surface area contributed by atoms with Crippen molar-refractivity contribution in [2.45, 2.75) is 20.4 Å². The molecule has 2 aromatic heterocycles. The van der Waals surface area contributed by atoms with Crippen LogP contribution in [-0.4, -0.2) is 31.7 Å². The summed E-state index contributed by atoms with van der Waals surface area (Å²) >= 11 is 1.20. The molecule has 0 radical (unpaired) electrons. The fourth-order valence-corrected chi connectivity index (χ4v) is 2.54. The van der Waals surface area contributed by atoms with Gasteiger partial charge in [0.25, 0.3) is 5.91 Å². The lowest BCUT2D eigenvalue weighted by molar-refractivity contribution is 0.0691. The van der Waals surface area contributed by atoms with Crippen molar-refractivity contribution >= 4 is 23.2 Å². The van der Waals surface area contributed by atoms with E-state index in [1.54, 1.807) is 18.7 Å². The van der Waals surface area contributed by atoms with Gasteiger partial charge in [0.15, 0.2) is 5.69 Å². The van der Waals surface area contributed by atoms with E-state index in [1.807, 2.05) is 6.92 Å². The first kappa shape index (κ1) is 14.2. The third-order valence-electron chi connectivity index (χ3n) is 2.91. The molecule has 0 atom stereocenters. The van der Waals surface area contributed by atoms with E-state index in [-0.39, 0.29) is 18.1 Å². The van der Waals surface area contributed by atoms with Crippen molar-refractivity contribution in [2.75, 3.05) is 0 Å². The highest BCUT2D eigenvalue weighted by molar-refractivity contribution is 7.09. The first-order valence-corrected chi connectivity index (χ1v) is 6.74. The number of aryl methyl sites for hydroxylation is 2. The summed E-state index contributed by atoms with van der Waals surface area (Å²) in [6, 6.07) is 0. The Morgan fingerprint density at radius 2 is 2.15 bits per heavy atom. The summed E-state index contributed by atoms with van der Waals surface area (Å²) in [5, 5.41) is 17.7. The standard InChI is InChI=1S/C12H14N4O3S/c1-6-10(7(2)16(3)15-6)11(17)13-4-9-14-8(5-20-9)12(18)19/h5H,4H2,1-3H3,(H,13,17)(H,18,19). The first-order chi connectivity index (χ1) is 9.40. The van der Waals surface area contributed by atoms with Gasteiger partial charge in [0, 0.05) is 18.1 Å². The number of carbonyl (C=O) groups excluding carboxylic acids is 1.